The van der Waals surface area contributed by atoms with Crippen LogP contribution in [0.15, 0.2) is 65.7 Å². The van der Waals surface area contributed by atoms with E-state index in [1.807, 2.05) is 66.9 Å². The van der Waals surface area contributed by atoms with Crippen LogP contribution in [-0.4, -0.2) is 6.21 Å². The van der Waals surface area contributed by atoms with Gasteiger partial charge in [-0.05, 0) is 11.1 Å². The smallest absolute Gasteiger partial charge is 0.137 e. The Hall–Kier alpha value is -1.97. The highest BCUT2D eigenvalue weighted by atomic mass is 15.3. The van der Waals surface area contributed by atoms with E-state index < -0.39 is 0 Å². The van der Waals surface area contributed by atoms with Gasteiger partial charge in [0.25, 0.3) is 0 Å². The first-order chi connectivity index (χ1) is 8.40. The molecule has 2 rings (SSSR count). The summed E-state index contributed by atoms with van der Waals surface area (Å²) < 4.78 is 0. The van der Waals surface area contributed by atoms with Crippen molar-refractivity contribution in [2.75, 3.05) is 0 Å². The third-order valence-electron chi connectivity index (χ3n) is 2.45. The van der Waals surface area contributed by atoms with Gasteiger partial charge in [-0.1, -0.05) is 60.7 Å². The zero-order valence-electron chi connectivity index (χ0n) is 9.45. The molecule has 0 heterocycles. The van der Waals surface area contributed by atoms with E-state index in [1.165, 1.54) is 0 Å². The Labute approximate surface area is 101 Å². The molecule has 1 atom stereocenters. The molecule has 1 unspecified atom stereocenters. The Bertz CT molecular complexity index is 465. The second kappa shape index (κ2) is 5.94. The van der Waals surface area contributed by atoms with Crippen molar-refractivity contribution in [3.8, 4) is 0 Å². The summed E-state index contributed by atoms with van der Waals surface area (Å²) in [5.41, 5.74) is 4.79. The Morgan fingerprint density at radius 1 is 0.941 bits per heavy atom. The number of rotatable bonds is 4. The topological polar surface area (TPSA) is 50.4 Å². The summed E-state index contributed by atoms with van der Waals surface area (Å²) in [5, 5.41) is 0. The monoisotopic (exact) mass is 225 g/mol. The van der Waals surface area contributed by atoms with E-state index in [2.05, 4.69) is 10.4 Å². The normalized spacial score (nSPS) is 12.8. The van der Waals surface area contributed by atoms with Gasteiger partial charge in [0, 0.05) is 6.21 Å². The zero-order valence-corrected chi connectivity index (χ0v) is 9.45. The van der Waals surface area contributed by atoms with Crippen molar-refractivity contribution in [3.63, 3.8) is 0 Å². The number of benzene rings is 2. The van der Waals surface area contributed by atoms with E-state index >= 15 is 0 Å². The SMILES string of the molecule is NNC(N=Cc1ccccc1)c1ccccc1. The van der Waals surface area contributed by atoms with E-state index in [0.717, 1.165) is 11.1 Å². The van der Waals surface area contributed by atoms with Gasteiger partial charge in [0.05, 0.1) is 0 Å². The fourth-order valence-electron chi connectivity index (χ4n) is 1.56. The molecule has 3 heteroatoms. The highest BCUT2D eigenvalue weighted by Crippen LogP contribution is 2.12. The minimum Gasteiger partial charge on any atom is -0.269 e. The molecule has 0 spiro atoms. The van der Waals surface area contributed by atoms with Crippen LogP contribution < -0.4 is 11.3 Å². The lowest BCUT2D eigenvalue weighted by atomic mass is 10.2. The van der Waals surface area contributed by atoms with Crippen LogP contribution in [0.4, 0.5) is 0 Å². The Morgan fingerprint density at radius 2 is 1.53 bits per heavy atom. The number of nitrogens with one attached hydrogen (secondary N) is 1. The lowest BCUT2D eigenvalue weighted by molar-refractivity contribution is 0.582. The molecule has 0 aliphatic rings. The fraction of sp³-hybridized carbons (Fsp3) is 0.0714. The van der Waals surface area contributed by atoms with Gasteiger partial charge in [-0.15, -0.1) is 0 Å². The van der Waals surface area contributed by atoms with E-state index in [0.29, 0.717) is 0 Å². The maximum Gasteiger partial charge on any atom is 0.137 e. The predicted molar refractivity (Wildman–Crippen MR) is 70.5 cm³/mol. The van der Waals surface area contributed by atoms with E-state index in [4.69, 9.17) is 5.84 Å². The molecule has 0 saturated carbocycles. The summed E-state index contributed by atoms with van der Waals surface area (Å²) in [6.45, 7) is 0. The largest absolute Gasteiger partial charge is 0.269 e. The average molecular weight is 225 g/mol. The Morgan fingerprint density at radius 3 is 2.12 bits per heavy atom. The molecule has 3 N–H and O–H groups in total. The van der Waals surface area contributed by atoms with Gasteiger partial charge in [0.2, 0.25) is 0 Å². The first-order valence-corrected chi connectivity index (χ1v) is 5.49. The van der Waals surface area contributed by atoms with E-state index in [9.17, 15) is 0 Å². The van der Waals surface area contributed by atoms with Gasteiger partial charge in [-0.2, -0.15) is 0 Å². The third kappa shape index (κ3) is 3.24. The van der Waals surface area contributed by atoms with Crippen LogP contribution in [0.1, 0.15) is 17.3 Å². The van der Waals surface area contributed by atoms with Crippen LogP contribution in [0.5, 0.6) is 0 Å². The van der Waals surface area contributed by atoms with Crippen molar-refractivity contribution in [2.24, 2.45) is 10.8 Å². The maximum absolute atomic E-state index is 5.51. The van der Waals surface area contributed by atoms with E-state index in [-0.39, 0.29) is 6.17 Å². The number of aliphatic imine (C=N–C) groups is 1. The van der Waals surface area contributed by atoms with Crippen molar-refractivity contribution < 1.29 is 0 Å². The maximum atomic E-state index is 5.51. The van der Waals surface area contributed by atoms with Crippen molar-refractivity contribution >= 4 is 6.21 Å². The fourth-order valence-corrected chi connectivity index (χ4v) is 1.56. The second-order valence-corrected chi connectivity index (χ2v) is 3.67. The van der Waals surface area contributed by atoms with Gasteiger partial charge in [-0.3, -0.25) is 10.8 Å². The summed E-state index contributed by atoms with van der Waals surface area (Å²) in [5.74, 6) is 5.51. The van der Waals surface area contributed by atoms with Crippen LogP contribution in [-0.2, 0) is 0 Å². The summed E-state index contributed by atoms with van der Waals surface area (Å²) in [6.07, 6.45) is 1.61. The van der Waals surface area contributed by atoms with Gasteiger partial charge < -0.3 is 0 Å². The second-order valence-electron chi connectivity index (χ2n) is 3.67. The standard InChI is InChI=1S/C14H15N3/c15-17-14(13-9-5-2-6-10-13)16-11-12-7-3-1-4-8-12/h1-11,14,17H,15H2. The van der Waals surface area contributed by atoms with Crippen LogP contribution in [0.25, 0.3) is 0 Å². The molecule has 0 aliphatic heterocycles. The van der Waals surface area contributed by atoms with Crippen molar-refractivity contribution in [1.82, 2.24) is 5.43 Å². The number of hydrazine groups is 1. The first-order valence-electron chi connectivity index (χ1n) is 5.49. The zero-order chi connectivity index (χ0) is 11.9. The van der Waals surface area contributed by atoms with Crippen LogP contribution in [0, 0.1) is 0 Å². The van der Waals surface area contributed by atoms with Gasteiger partial charge in [0.15, 0.2) is 0 Å². The summed E-state index contributed by atoms with van der Waals surface area (Å²) in [4.78, 5) is 4.42. The van der Waals surface area contributed by atoms with Gasteiger partial charge in [0.1, 0.15) is 6.17 Å². The van der Waals surface area contributed by atoms with Crippen molar-refractivity contribution in [3.05, 3.63) is 71.8 Å². The van der Waals surface area contributed by atoms with Crippen molar-refractivity contribution in [2.45, 2.75) is 6.17 Å². The summed E-state index contributed by atoms with van der Waals surface area (Å²) in [6, 6.07) is 19.8. The quantitative estimate of drug-likeness (QED) is 0.476. The van der Waals surface area contributed by atoms with Crippen LogP contribution in [0.3, 0.4) is 0 Å². The van der Waals surface area contributed by atoms with Gasteiger partial charge >= 0.3 is 0 Å². The summed E-state index contributed by atoms with van der Waals surface area (Å²) >= 11 is 0. The number of hydrogen-bond donors (Lipinski definition) is 2. The molecule has 0 aromatic heterocycles. The molecule has 0 radical (unpaired) electrons. The third-order valence-corrected chi connectivity index (χ3v) is 2.45. The molecular formula is C14H15N3. The molecule has 0 saturated heterocycles. The summed E-state index contributed by atoms with van der Waals surface area (Å²) in [7, 11) is 0. The predicted octanol–water partition coefficient (Wildman–Crippen LogP) is 2.27. The molecule has 3 nitrogen and oxygen atoms in total. The number of nitrogens with zero attached hydrogens (tertiary/aromatic N) is 1. The van der Waals surface area contributed by atoms with E-state index in [1.54, 1.807) is 0 Å². The lowest BCUT2D eigenvalue weighted by Crippen LogP contribution is -2.26. The van der Waals surface area contributed by atoms with Crippen molar-refractivity contribution in [1.29, 1.82) is 0 Å². The molecule has 0 amide bonds. The lowest BCUT2D eigenvalue weighted by Gasteiger charge is -2.10. The molecule has 86 valence electrons. The van der Waals surface area contributed by atoms with Crippen LogP contribution in [0.2, 0.25) is 0 Å². The highest BCUT2D eigenvalue weighted by molar-refractivity contribution is 5.79. The Balaban J connectivity index is 2.14. The molecular weight excluding hydrogens is 210 g/mol. The first kappa shape index (κ1) is 11.5. The number of nitrogens with two attached hydrogens (primary N) is 1. The molecule has 2 aromatic carbocycles. The minimum atomic E-state index is -0.212. The van der Waals surface area contributed by atoms with Gasteiger partial charge in [-0.25, -0.2) is 5.43 Å². The molecule has 0 aliphatic carbocycles. The molecule has 17 heavy (non-hydrogen) atoms. The molecule has 0 bridgehead atoms. The molecule has 2 aromatic rings. The average Bonchev–Trinajstić information content (AvgIpc) is 2.42. The van der Waals surface area contributed by atoms with Crippen LogP contribution >= 0.6 is 0 Å². The molecule has 0 fully saturated rings. The Kier molecular flexibility index (Phi) is 4.02. The highest BCUT2D eigenvalue weighted by Gasteiger charge is 2.04. The number of hydrogen-bond acceptors (Lipinski definition) is 3. The minimum absolute atomic E-state index is 0.212.